The molecular formula is C14H18F2N4. The molecule has 4 nitrogen and oxygen atoms in total. The van der Waals surface area contributed by atoms with Gasteiger partial charge in [-0.15, -0.1) is 0 Å². The summed E-state index contributed by atoms with van der Waals surface area (Å²) >= 11 is 0. The normalized spacial score (nSPS) is 10.1. The predicted octanol–water partition coefficient (Wildman–Crippen LogP) is 2.31. The third kappa shape index (κ3) is 5.19. The van der Waals surface area contributed by atoms with E-state index >= 15 is 0 Å². The third-order valence-electron chi connectivity index (χ3n) is 2.61. The van der Waals surface area contributed by atoms with Crippen LogP contribution < -0.4 is 17.2 Å². The number of benzene rings is 1. The van der Waals surface area contributed by atoms with Crippen LogP contribution in [-0.4, -0.2) is 11.5 Å². The Balaban J connectivity index is 0.000000444. The van der Waals surface area contributed by atoms with Crippen molar-refractivity contribution in [1.82, 2.24) is 4.98 Å². The Hall–Kier alpha value is -2.21. The molecule has 0 saturated carbocycles. The maximum Gasteiger partial charge on any atom is 0.289 e. The molecule has 0 fully saturated rings. The van der Waals surface area contributed by atoms with Crippen LogP contribution in [0.3, 0.4) is 0 Å². The molecule has 0 radical (unpaired) electrons. The van der Waals surface area contributed by atoms with Crippen molar-refractivity contribution >= 4 is 11.4 Å². The summed E-state index contributed by atoms with van der Waals surface area (Å²) in [5.74, 6) is 0. The number of nitrogen functional groups attached to an aromatic ring is 2. The summed E-state index contributed by atoms with van der Waals surface area (Å²) < 4.78 is 20.2. The third-order valence-corrected chi connectivity index (χ3v) is 2.61. The highest BCUT2D eigenvalue weighted by Gasteiger charge is 2.03. The lowest BCUT2D eigenvalue weighted by Gasteiger charge is -2.08. The summed E-state index contributed by atoms with van der Waals surface area (Å²) in [5.41, 5.74) is 20.1. The lowest BCUT2D eigenvalue weighted by molar-refractivity contribution is 0.157. The Morgan fingerprint density at radius 2 is 1.85 bits per heavy atom. The number of hydrogen-bond acceptors (Lipinski definition) is 4. The molecular weight excluding hydrogens is 262 g/mol. The van der Waals surface area contributed by atoms with Crippen LogP contribution in [0.2, 0.25) is 0 Å². The largest absolute Gasteiger partial charge is 0.397 e. The number of aromatic nitrogens is 1. The molecule has 1 aromatic heterocycles. The molecule has 2 rings (SSSR count). The number of alkyl halides is 2. The Bertz CT molecular complexity index is 518. The number of anilines is 2. The zero-order valence-electron chi connectivity index (χ0n) is 11.2. The van der Waals surface area contributed by atoms with E-state index in [9.17, 15) is 8.78 Å². The molecule has 0 atom stereocenters. The smallest absolute Gasteiger partial charge is 0.289 e. The second kappa shape index (κ2) is 7.40. The molecule has 0 aliphatic rings. The Labute approximate surface area is 116 Å². The highest BCUT2D eigenvalue weighted by molar-refractivity contribution is 5.68. The molecule has 0 amide bonds. The number of pyridine rings is 1. The zero-order valence-corrected chi connectivity index (χ0v) is 11.2. The minimum absolute atomic E-state index is 0.652. The molecule has 0 aliphatic heterocycles. The highest BCUT2D eigenvalue weighted by atomic mass is 19.3. The number of hydrogen-bond donors (Lipinski definition) is 3. The van der Waals surface area contributed by atoms with Gasteiger partial charge in [-0.3, -0.25) is 10.7 Å². The van der Waals surface area contributed by atoms with Gasteiger partial charge in [0.15, 0.2) is 0 Å². The molecule has 20 heavy (non-hydrogen) atoms. The molecule has 0 unspecified atom stereocenters. The fourth-order valence-corrected chi connectivity index (χ4v) is 1.74. The van der Waals surface area contributed by atoms with E-state index in [1.165, 1.54) is 5.56 Å². The van der Waals surface area contributed by atoms with Crippen molar-refractivity contribution in [3.05, 3.63) is 53.3 Å². The monoisotopic (exact) mass is 280 g/mol. The predicted molar refractivity (Wildman–Crippen MR) is 77.2 cm³/mol. The fourth-order valence-electron chi connectivity index (χ4n) is 1.74. The molecule has 2 aromatic rings. The topological polar surface area (TPSA) is 90.9 Å². The van der Waals surface area contributed by atoms with Gasteiger partial charge in [0.25, 0.3) is 6.55 Å². The molecule has 6 N–H and O–H groups in total. The second-order valence-electron chi connectivity index (χ2n) is 4.29. The van der Waals surface area contributed by atoms with Crippen LogP contribution in [0, 0.1) is 6.92 Å². The van der Waals surface area contributed by atoms with Crippen LogP contribution in [-0.2, 0) is 6.42 Å². The summed E-state index contributed by atoms with van der Waals surface area (Å²) in [5, 5.41) is 0. The first-order valence-electron chi connectivity index (χ1n) is 5.97. The van der Waals surface area contributed by atoms with E-state index in [1.807, 2.05) is 25.3 Å². The number of halogens is 2. The first-order chi connectivity index (χ1) is 9.40. The summed E-state index contributed by atoms with van der Waals surface area (Å²) in [6, 6.07) is 7.98. The quantitative estimate of drug-likeness (QED) is 0.581. The summed E-state index contributed by atoms with van der Waals surface area (Å²) in [7, 11) is 0. The van der Waals surface area contributed by atoms with Gasteiger partial charge in [-0.2, -0.15) is 8.78 Å². The lowest BCUT2D eigenvalue weighted by Crippen LogP contribution is -2.02. The van der Waals surface area contributed by atoms with E-state index in [-0.39, 0.29) is 0 Å². The van der Waals surface area contributed by atoms with Crippen LogP contribution in [0.25, 0.3) is 0 Å². The van der Waals surface area contributed by atoms with E-state index in [4.69, 9.17) is 11.5 Å². The zero-order chi connectivity index (χ0) is 15.1. The minimum atomic E-state index is -2.67. The minimum Gasteiger partial charge on any atom is -0.397 e. The SMILES string of the molecule is Cc1cc(Cc2cccnc2)cc(N)c1N.NC(F)F. The van der Waals surface area contributed by atoms with E-state index in [2.05, 4.69) is 22.9 Å². The second-order valence-corrected chi connectivity index (χ2v) is 4.29. The summed E-state index contributed by atoms with van der Waals surface area (Å²) in [6.07, 6.45) is 4.47. The van der Waals surface area contributed by atoms with Gasteiger partial charge in [0.2, 0.25) is 0 Å². The first-order valence-corrected chi connectivity index (χ1v) is 5.97. The summed E-state index contributed by atoms with van der Waals surface area (Å²) in [6.45, 7) is -0.696. The maximum atomic E-state index is 10.1. The number of aryl methyl sites for hydroxylation is 1. The molecule has 1 heterocycles. The van der Waals surface area contributed by atoms with Crippen molar-refractivity contribution < 1.29 is 8.78 Å². The van der Waals surface area contributed by atoms with E-state index < -0.39 is 6.55 Å². The average Bonchev–Trinajstić information content (AvgIpc) is 2.36. The van der Waals surface area contributed by atoms with Gasteiger partial charge in [0, 0.05) is 12.4 Å². The Kier molecular flexibility index (Phi) is 5.86. The Morgan fingerprint density at radius 3 is 2.35 bits per heavy atom. The molecule has 1 aromatic carbocycles. The fraction of sp³-hybridized carbons (Fsp3) is 0.214. The van der Waals surface area contributed by atoms with Crippen molar-refractivity contribution in [3.63, 3.8) is 0 Å². The van der Waals surface area contributed by atoms with E-state index in [0.29, 0.717) is 11.4 Å². The van der Waals surface area contributed by atoms with Gasteiger partial charge in [-0.25, -0.2) is 0 Å². The average molecular weight is 280 g/mol. The van der Waals surface area contributed by atoms with Crippen molar-refractivity contribution in [1.29, 1.82) is 0 Å². The van der Waals surface area contributed by atoms with Crippen LogP contribution in [0.4, 0.5) is 20.2 Å². The molecule has 0 saturated heterocycles. The Morgan fingerprint density at radius 1 is 1.20 bits per heavy atom. The van der Waals surface area contributed by atoms with Crippen LogP contribution in [0.1, 0.15) is 16.7 Å². The van der Waals surface area contributed by atoms with Gasteiger partial charge < -0.3 is 11.5 Å². The standard InChI is InChI=1S/C13H15N3.CH3F2N/c1-9-5-11(7-12(14)13(9)15)6-10-3-2-4-16-8-10;2-1(3)4/h2-5,7-8H,6,14-15H2,1H3;1H,4H2. The van der Waals surface area contributed by atoms with Crippen molar-refractivity contribution in [2.24, 2.45) is 5.73 Å². The van der Waals surface area contributed by atoms with Crippen molar-refractivity contribution in [3.8, 4) is 0 Å². The van der Waals surface area contributed by atoms with E-state index in [1.54, 1.807) is 6.20 Å². The van der Waals surface area contributed by atoms with Crippen molar-refractivity contribution in [2.75, 3.05) is 11.5 Å². The first kappa shape index (κ1) is 15.8. The van der Waals surface area contributed by atoms with Gasteiger partial charge in [-0.1, -0.05) is 12.1 Å². The van der Waals surface area contributed by atoms with Gasteiger partial charge >= 0.3 is 0 Å². The summed E-state index contributed by atoms with van der Waals surface area (Å²) in [4.78, 5) is 4.09. The number of nitrogens with zero attached hydrogens (tertiary/aromatic N) is 1. The van der Waals surface area contributed by atoms with Crippen molar-refractivity contribution in [2.45, 2.75) is 19.9 Å². The van der Waals surface area contributed by atoms with Crippen LogP contribution >= 0.6 is 0 Å². The van der Waals surface area contributed by atoms with Gasteiger partial charge in [-0.05, 0) is 42.2 Å². The van der Waals surface area contributed by atoms with Crippen LogP contribution in [0.5, 0.6) is 0 Å². The number of rotatable bonds is 2. The molecule has 0 bridgehead atoms. The van der Waals surface area contributed by atoms with E-state index in [0.717, 1.165) is 17.5 Å². The van der Waals surface area contributed by atoms with Gasteiger partial charge in [0.05, 0.1) is 11.4 Å². The molecule has 0 aliphatic carbocycles. The molecule has 108 valence electrons. The lowest BCUT2D eigenvalue weighted by atomic mass is 10.0. The van der Waals surface area contributed by atoms with Gasteiger partial charge in [0.1, 0.15) is 0 Å². The number of nitrogens with two attached hydrogens (primary N) is 3. The maximum absolute atomic E-state index is 10.1. The van der Waals surface area contributed by atoms with Crippen LogP contribution in [0.15, 0.2) is 36.7 Å². The molecule has 6 heteroatoms. The molecule has 0 spiro atoms. The highest BCUT2D eigenvalue weighted by Crippen LogP contribution is 2.22.